The van der Waals surface area contributed by atoms with Crippen LogP contribution in [0.25, 0.3) is 21.9 Å². The van der Waals surface area contributed by atoms with Gasteiger partial charge in [-0.3, -0.25) is 9.78 Å². The molecule has 2 fully saturated rings. The number of hydrogen-bond donors (Lipinski definition) is 1. The molecule has 1 aliphatic carbocycles. The molecular weight excluding hydrogens is 438 g/mol. The molecule has 0 radical (unpaired) electrons. The summed E-state index contributed by atoms with van der Waals surface area (Å²) in [6.07, 6.45) is 15.0. The summed E-state index contributed by atoms with van der Waals surface area (Å²) in [5.74, 6) is 0.904. The van der Waals surface area contributed by atoms with Crippen molar-refractivity contribution in [2.75, 3.05) is 13.1 Å². The average Bonchev–Trinajstić information content (AvgIpc) is 2.91. The minimum absolute atomic E-state index is 0.0324. The second-order valence-electron chi connectivity index (χ2n) is 9.94. The van der Waals surface area contributed by atoms with Crippen molar-refractivity contribution in [2.45, 2.75) is 83.1 Å². The van der Waals surface area contributed by atoms with Gasteiger partial charge in [-0.2, -0.15) is 0 Å². The molecule has 3 heterocycles. The molecule has 6 heteroatoms. The lowest BCUT2D eigenvalue weighted by atomic mass is 9.94. The van der Waals surface area contributed by atoms with Gasteiger partial charge in [0.1, 0.15) is 5.75 Å². The molecule has 186 valence electrons. The molecule has 1 aromatic carbocycles. The van der Waals surface area contributed by atoms with Crippen molar-refractivity contribution in [3.05, 3.63) is 59.3 Å². The van der Waals surface area contributed by atoms with Crippen molar-refractivity contribution in [1.29, 1.82) is 0 Å². The van der Waals surface area contributed by atoms with Gasteiger partial charge in [-0.1, -0.05) is 25.5 Å². The van der Waals surface area contributed by atoms with E-state index in [2.05, 4.69) is 41.5 Å². The molecular formula is C29H37N3O3. The van der Waals surface area contributed by atoms with Gasteiger partial charge in [0, 0.05) is 30.7 Å². The van der Waals surface area contributed by atoms with E-state index in [4.69, 9.17) is 9.47 Å². The summed E-state index contributed by atoms with van der Waals surface area (Å²) in [5.41, 5.74) is 2.17. The first-order valence-corrected chi connectivity index (χ1v) is 13.3. The predicted octanol–water partition coefficient (Wildman–Crippen LogP) is 5.32. The van der Waals surface area contributed by atoms with Crippen molar-refractivity contribution < 1.29 is 9.47 Å². The van der Waals surface area contributed by atoms with Crippen molar-refractivity contribution in [3.63, 3.8) is 0 Å². The lowest BCUT2D eigenvalue weighted by Gasteiger charge is -2.33. The first kappa shape index (κ1) is 24.0. The predicted molar refractivity (Wildman–Crippen MR) is 140 cm³/mol. The lowest BCUT2D eigenvalue weighted by Crippen LogP contribution is -2.37. The van der Waals surface area contributed by atoms with E-state index in [9.17, 15) is 4.79 Å². The number of hydrogen-bond acceptors (Lipinski definition) is 5. The second kappa shape index (κ2) is 11.4. The highest BCUT2D eigenvalue weighted by molar-refractivity contribution is 5.95. The Morgan fingerprint density at radius 2 is 1.66 bits per heavy atom. The van der Waals surface area contributed by atoms with Crippen LogP contribution >= 0.6 is 0 Å². The van der Waals surface area contributed by atoms with Crippen LogP contribution in [0.1, 0.15) is 58.3 Å². The third kappa shape index (κ3) is 5.76. The second-order valence-corrected chi connectivity index (χ2v) is 9.94. The monoisotopic (exact) mass is 475 g/mol. The smallest absolute Gasteiger partial charge is 0.260 e. The molecule has 1 saturated heterocycles. The molecule has 0 bridgehead atoms. The first-order chi connectivity index (χ1) is 17.2. The van der Waals surface area contributed by atoms with E-state index >= 15 is 0 Å². The average molecular weight is 476 g/mol. The number of pyridine rings is 2. The van der Waals surface area contributed by atoms with Crippen molar-refractivity contribution in [3.8, 4) is 16.9 Å². The Morgan fingerprint density at radius 1 is 0.943 bits per heavy atom. The molecule has 2 aromatic heterocycles. The Labute approximate surface area is 207 Å². The zero-order valence-electron chi connectivity index (χ0n) is 20.7. The van der Waals surface area contributed by atoms with Gasteiger partial charge in [0.25, 0.3) is 5.56 Å². The zero-order valence-corrected chi connectivity index (χ0v) is 20.7. The first-order valence-electron chi connectivity index (χ1n) is 13.3. The molecule has 0 unspecified atom stereocenters. The van der Waals surface area contributed by atoms with Crippen LogP contribution < -0.4 is 15.6 Å². The molecule has 1 N–H and O–H groups in total. The van der Waals surface area contributed by atoms with Crippen LogP contribution in [-0.4, -0.2) is 41.0 Å². The number of fused-ring (bicyclic) bond motifs is 1. The van der Waals surface area contributed by atoms with Crippen LogP contribution in [0, 0.1) is 0 Å². The molecule has 0 amide bonds. The third-order valence-electron chi connectivity index (χ3n) is 7.40. The number of unbranched alkanes of at least 4 members (excludes halogenated alkanes) is 1. The minimum atomic E-state index is 0.0324. The molecule has 1 saturated carbocycles. The van der Waals surface area contributed by atoms with Crippen LogP contribution in [0.15, 0.2) is 53.7 Å². The number of piperidine rings is 1. The highest BCUT2D eigenvalue weighted by Crippen LogP contribution is 2.31. The van der Waals surface area contributed by atoms with Gasteiger partial charge in [0.2, 0.25) is 0 Å². The maximum atomic E-state index is 12.9. The molecule has 5 rings (SSSR count). The molecule has 1 aliphatic heterocycles. The molecule has 6 nitrogen and oxygen atoms in total. The largest absolute Gasteiger partial charge is 0.490 e. The molecule has 35 heavy (non-hydrogen) atoms. The maximum Gasteiger partial charge on any atom is 0.260 e. The summed E-state index contributed by atoms with van der Waals surface area (Å²) in [6.45, 7) is 5.01. The maximum absolute atomic E-state index is 12.9. The Kier molecular flexibility index (Phi) is 7.79. The lowest BCUT2D eigenvalue weighted by molar-refractivity contribution is -0.0548. The minimum Gasteiger partial charge on any atom is -0.490 e. The summed E-state index contributed by atoms with van der Waals surface area (Å²) in [7, 11) is 0. The summed E-state index contributed by atoms with van der Waals surface area (Å²) in [6, 6.07) is 10.3. The van der Waals surface area contributed by atoms with Crippen LogP contribution in [0.4, 0.5) is 0 Å². The van der Waals surface area contributed by atoms with Gasteiger partial charge >= 0.3 is 0 Å². The van der Waals surface area contributed by atoms with Gasteiger partial charge < -0.3 is 19.4 Å². The fraction of sp³-hybridized carbons (Fsp3) is 0.517. The van der Waals surface area contributed by atoms with E-state index in [1.165, 1.54) is 0 Å². The SMILES string of the molecule is CCCCn1cc(-c2ccc(O[C@H]3CC[C@@H](OC4CCNCC4)CC3)cc2)c2ccncc2c1=O. The molecule has 2 aliphatic rings. The van der Waals surface area contributed by atoms with E-state index in [1.54, 1.807) is 12.4 Å². The Hall–Kier alpha value is -2.70. The Morgan fingerprint density at radius 3 is 2.40 bits per heavy atom. The molecule has 3 aromatic rings. The molecule has 0 atom stereocenters. The quantitative estimate of drug-likeness (QED) is 0.478. The third-order valence-corrected chi connectivity index (χ3v) is 7.40. The van der Waals surface area contributed by atoms with Gasteiger partial charge in [-0.25, -0.2) is 0 Å². The van der Waals surface area contributed by atoms with Crippen LogP contribution in [0.2, 0.25) is 0 Å². The van der Waals surface area contributed by atoms with Crippen LogP contribution in [0.5, 0.6) is 5.75 Å². The van der Waals surface area contributed by atoms with Crippen molar-refractivity contribution in [2.24, 2.45) is 0 Å². The normalized spacial score (nSPS) is 21.3. The van der Waals surface area contributed by atoms with Gasteiger partial charge in [-0.15, -0.1) is 0 Å². The summed E-state index contributed by atoms with van der Waals surface area (Å²) >= 11 is 0. The van der Waals surface area contributed by atoms with E-state index in [1.807, 2.05) is 16.8 Å². The molecule has 0 spiro atoms. The summed E-state index contributed by atoms with van der Waals surface area (Å²) in [4.78, 5) is 17.1. The topological polar surface area (TPSA) is 65.4 Å². The highest BCUT2D eigenvalue weighted by Gasteiger charge is 2.26. The zero-order chi connectivity index (χ0) is 24.0. The van der Waals surface area contributed by atoms with E-state index in [0.29, 0.717) is 17.6 Å². The fourth-order valence-electron chi connectivity index (χ4n) is 5.36. The fourth-order valence-corrected chi connectivity index (χ4v) is 5.36. The number of nitrogens with zero attached hydrogens (tertiary/aromatic N) is 2. The Bertz CT molecular complexity index is 1160. The number of nitrogens with one attached hydrogen (secondary N) is 1. The Balaban J connectivity index is 1.25. The van der Waals surface area contributed by atoms with Gasteiger partial charge in [0.15, 0.2) is 0 Å². The number of rotatable bonds is 8. The number of ether oxygens (including phenoxy) is 2. The van der Waals surface area contributed by atoms with Crippen LogP contribution in [-0.2, 0) is 11.3 Å². The van der Waals surface area contributed by atoms with Crippen LogP contribution in [0.3, 0.4) is 0 Å². The number of aromatic nitrogens is 2. The van der Waals surface area contributed by atoms with Crippen molar-refractivity contribution >= 4 is 10.8 Å². The number of benzene rings is 1. The van der Waals surface area contributed by atoms with Gasteiger partial charge in [0.05, 0.1) is 23.7 Å². The highest BCUT2D eigenvalue weighted by atomic mass is 16.5. The summed E-state index contributed by atoms with van der Waals surface area (Å²) < 4.78 is 14.5. The van der Waals surface area contributed by atoms with Crippen molar-refractivity contribution in [1.82, 2.24) is 14.9 Å². The van der Waals surface area contributed by atoms with E-state index in [0.717, 1.165) is 93.3 Å². The standard InChI is InChI=1S/C29H37N3O3/c1-2-3-18-32-20-28(26-14-17-31-19-27(26)29(32)33)21-4-6-22(7-5-21)34-23-8-10-24(11-9-23)35-25-12-15-30-16-13-25/h4-7,14,17,19-20,23-25,30H,2-3,8-13,15-16,18H2,1H3/t23-,24+. The van der Waals surface area contributed by atoms with E-state index < -0.39 is 0 Å². The number of aryl methyl sites for hydroxylation is 1. The summed E-state index contributed by atoms with van der Waals surface area (Å²) in [5, 5.41) is 5.02. The van der Waals surface area contributed by atoms with Gasteiger partial charge in [-0.05, 0) is 87.2 Å². The van der Waals surface area contributed by atoms with E-state index in [-0.39, 0.29) is 11.7 Å².